The van der Waals surface area contributed by atoms with Crippen molar-refractivity contribution < 1.29 is 4.79 Å². The molecule has 0 aliphatic rings. The van der Waals surface area contributed by atoms with Gasteiger partial charge in [0.05, 0.1) is 24.0 Å². The molecule has 0 fully saturated rings. The van der Waals surface area contributed by atoms with Crippen molar-refractivity contribution in [1.29, 1.82) is 5.26 Å². The Kier molecular flexibility index (Phi) is 4.90. The van der Waals surface area contributed by atoms with E-state index in [0.717, 1.165) is 5.69 Å². The zero-order chi connectivity index (χ0) is 18.5. The second-order valence-electron chi connectivity index (χ2n) is 5.85. The lowest BCUT2D eigenvalue weighted by Gasteiger charge is -2.08. The van der Waals surface area contributed by atoms with Gasteiger partial charge in [-0.25, -0.2) is 9.97 Å². The molecule has 3 rings (SSSR count). The fourth-order valence-electron chi connectivity index (χ4n) is 2.30. The van der Waals surface area contributed by atoms with Crippen molar-refractivity contribution in [1.82, 2.24) is 9.97 Å². The molecular weight excluding hydrogens is 326 g/mol. The minimum Gasteiger partial charge on any atom is -0.339 e. The molecular formula is C20H17N5O. The van der Waals surface area contributed by atoms with Crippen molar-refractivity contribution in [3.05, 3.63) is 77.2 Å². The average molecular weight is 343 g/mol. The third-order valence-corrected chi connectivity index (χ3v) is 3.94. The van der Waals surface area contributed by atoms with Crippen LogP contribution in [-0.4, -0.2) is 15.9 Å². The lowest BCUT2D eigenvalue weighted by molar-refractivity contribution is 0.102. The number of aromatic nitrogens is 2. The maximum Gasteiger partial charge on any atom is 0.275 e. The summed E-state index contributed by atoms with van der Waals surface area (Å²) >= 11 is 0. The number of carbonyl (C=O) groups is 1. The molecule has 3 aromatic rings. The first kappa shape index (κ1) is 17.1. The lowest BCUT2D eigenvalue weighted by Crippen LogP contribution is -2.14. The Morgan fingerprint density at radius 3 is 2.31 bits per heavy atom. The molecule has 2 aromatic carbocycles. The van der Waals surface area contributed by atoms with E-state index >= 15 is 0 Å². The lowest BCUT2D eigenvalue weighted by atomic mass is 10.1. The van der Waals surface area contributed by atoms with Gasteiger partial charge in [-0.3, -0.25) is 4.79 Å². The van der Waals surface area contributed by atoms with Crippen molar-refractivity contribution in [2.24, 2.45) is 0 Å². The maximum atomic E-state index is 12.2. The van der Waals surface area contributed by atoms with Crippen LogP contribution >= 0.6 is 0 Å². The van der Waals surface area contributed by atoms with Crippen molar-refractivity contribution in [3.63, 3.8) is 0 Å². The molecule has 1 heterocycles. The molecule has 26 heavy (non-hydrogen) atoms. The molecule has 1 amide bonds. The summed E-state index contributed by atoms with van der Waals surface area (Å²) in [7, 11) is 0. The second-order valence-corrected chi connectivity index (χ2v) is 5.85. The molecule has 0 aliphatic carbocycles. The molecule has 128 valence electrons. The van der Waals surface area contributed by atoms with Gasteiger partial charge in [-0.2, -0.15) is 5.26 Å². The molecule has 0 bridgehead atoms. The van der Waals surface area contributed by atoms with Gasteiger partial charge in [0, 0.05) is 11.4 Å². The monoisotopic (exact) mass is 343 g/mol. The Hall–Kier alpha value is -3.72. The highest BCUT2D eigenvalue weighted by molar-refractivity contribution is 6.02. The number of rotatable bonds is 4. The van der Waals surface area contributed by atoms with Crippen LogP contribution in [0.1, 0.15) is 27.2 Å². The first-order valence-corrected chi connectivity index (χ1v) is 8.03. The van der Waals surface area contributed by atoms with Crippen LogP contribution in [0.25, 0.3) is 0 Å². The number of aryl methyl sites for hydroxylation is 2. The quantitative estimate of drug-likeness (QED) is 0.748. The van der Waals surface area contributed by atoms with Gasteiger partial charge >= 0.3 is 0 Å². The number of hydrogen-bond acceptors (Lipinski definition) is 5. The maximum absolute atomic E-state index is 12.2. The number of nitrogens with one attached hydrogen (secondary N) is 2. The van der Waals surface area contributed by atoms with Crippen LogP contribution in [0, 0.1) is 25.2 Å². The Morgan fingerprint density at radius 2 is 1.69 bits per heavy atom. The summed E-state index contributed by atoms with van der Waals surface area (Å²) in [5.41, 5.74) is 4.65. The van der Waals surface area contributed by atoms with Crippen LogP contribution in [0.2, 0.25) is 0 Å². The summed E-state index contributed by atoms with van der Waals surface area (Å²) in [6, 6.07) is 14.7. The number of hydrogen-bond donors (Lipinski definition) is 2. The highest BCUT2D eigenvalue weighted by atomic mass is 16.1. The zero-order valence-corrected chi connectivity index (χ0v) is 14.4. The van der Waals surface area contributed by atoms with E-state index in [2.05, 4.69) is 27.5 Å². The predicted molar refractivity (Wildman–Crippen MR) is 100 cm³/mol. The fourth-order valence-corrected chi connectivity index (χ4v) is 2.30. The van der Waals surface area contributed by atoms with Crippen LogP contribution < -0.4 is 10.6 Å². The highest BCUT2D eigenvalue weighted by Gasteiger charge is 2.09. The first-order chi connectivity index (χ1) is 12.5. The van der Waals surface area contributed by atoms with E-state index in [0.29, 0.717) is 17.1 Å². The van der Waals surface area contributed by atoms with Gasteiger partial charge in [0.1, 0.15) is 11.5 Å². The van der Waals surface area contributed by atoms with E-state index < -0.39 is 0 Å². The number of amides is 1. The van der Waals surface area contributed by atoms with Crippen LogP contribution in [0.4, 0.5) is 17.2 Å². The smallest absolute Gasteiger partial charge is 0.275 e. The van der Waals surface area contributed by atoms with Gasteiger partial charge in [0.25, 0.3) is 5.91 Å². The number of nitriles is 1. The largest absolute Gasteiger partial charge is 0.339 e. The molecule has 2 N–H and O–H groups in total. The number of nitrogens with zero attached hydrogens (tertiary/aromatic N) is 3. The molecule has 1 aromatic heterocycles. The molecule has 6 nitrogen and oxygen atoms in total. The Labute approximate surface area is 151 Å². The standard InChI is InChI=1S/C20H17N5O/c1-13-3-6-17(9-14(13)2)24-19-12-22-18(11-23-19)20(26)25-16-7-4-15(10-21)5-8-16/h3-9,11-12H,1-2H3,(H,23,24)(H,25,26). The van der Waals surface area contributed by atoms with Crippen LogP contribution in [0.3, 0.4) is 0 Å². The number of anilines is 3. The summed E-state index contributed by atoms with van der Waals surface area (Å²) in [5.74, 6) is 0.197. The highest BCUT2D eigenvalue weighted by Crippen LogP contribution is 2.18. The molecule has 0 radical (unpaired) electrons. The fraction of sp³-hybridized carbons (Fsp3) is 0.100. The van der Waals surface area contributed by atoms with Gasteiger partial charge in [-0.15, -0.1) is 0 Å². The summed E-state index contributed by atoms with van der Waals surface area (Å²) in [6.45, 7) is 4.10. The molecule has 0 atom stereocenters. The van der Waals surface area contributed by atoms with Crippen molar-refractivity contribution in [2.75, 3.05) is 10.6 Å². The van der Waals surface area contributed by atoms with Gasteiger partial charge in [0.15, 0.2) is 0 Å². The summed E-state index contributed by atoms with van der Waals surface area (Å²) in [6.07, 6.45) is 2.94. The third kappa shape index (κ3) is 4.02. The first-order valence-electron chi connectivity index (χ1n) is 8.03. The van der Waals surface area contributed by atoms with Gasteiger partial charge in [0.2, 0.25) is 0 Å². The summed E-state index contributed by atoms with van der Waals surface area (Å²) in [4.78, 5) is 20.6. The second kappa shape index (κ2) is 7.45. The number of carbonyl (C=O) groups excluding carboxylic acids is 1. The Morgan fingerprint density at radius 1 is 0.962 bits per heavy atom. The Balaban J connectivity index is 1.67. The van der Waals surface area contributed by atoms with Crippen LogP contribution in [0.5, 0.6) is 0 Å². The van der Waals surface area contributed by atoms with E-state index in [9.17, 15) is 4.79 Å². The molecule has 0 unspecified atom stereocenters. The normalized spacial score (nSPS) is 10.0. The summed E-state index contributed by atoms with van der Waals surface area (Å²) < 4.78 is 0. The Bertz CT molecular complexity index is 973. The zero-order valence-electron chi connectivity index (χ0n) is 14.4. The molecule has 0 spiro atoms. The molecule has 0 aliphatic heterocycles. The van der Waals surface area contributed by atoms with E-state index in [-0.39, 0.29) is 11.6 Å². The third-order valence-electron chi connectivity index (χ3n) is 3.94. The predicted octanol–water partition coefficient (Wildman–Crippen LogP) is 3.96. The minimum atomic E-state index is -0.361. The molecule has 0 saturated heterocycles. The van der Waals surface area contributed by atoms with Crippen molar-refractivity contribution >= 4 is 23.1 Å². The van der Waals surface area contributed by atoms with E-state index in [1.165, 1.54) is 23.5 Å². The van der Waals surface area contributed by atoms with E-state index in [1.54, 1.807) is 24.3 Å². The van der Waals surface area contributed by atoms with Gasteiger partial charge < -0.3 is 10.6 Å². The van der Waals surface area contributed by atoms with E-state index in [4.69, 9.17) is 5.26 Å². The van der Waals surface area contributed by atoms with E-state index in [1.807, 2.05) is 31.2 Å². The number of benzene rings is 2. The van der Waals surface area contributed by atoms with Crippen LogP contribution in [-0.2, 0) is 0 Å². The van der Waals surface area contributed by atoms with Crippen molar-refractivity contribution in [3.8, 4) is 6.07 Å². The molecule has 6 heteroatoms. The van der Waals surface area contributed by atoms with Crippen LogP contribution in [0.15, 0.2) is 54.9 Å². The average Bonchev–Trinajstić information content (AvgIpc) is 2.66. The summed E-state index contributed by atoms with van der Waals surface area (Å²) in [5, 5.41) is 14.7. The topological polar surface area (TPSA) is 90.7 Å². The SMILES string of the molecule is Cc1ccc(Nc2cnc(C(=O)Nc3ccc(C#N)cc3)cn2)cc1C. The molecule has 0 saturated carbocycles. The van der Waals surface area contributed by atoms with Gasteiger partial charge in [-0.05, 0) is 61.4 Å². The minimum absolute atomic E-state index is 0.208. The van der Waals surface area contributed by atoms with Crippen molar-refractivity contribution in [2.45, 2.75) is 13.8 Å². The van der Waals surface area contributed by atoms with Gasteiger partial charge in [-0.1, -0.05) is 6.07 Å².